The molecule has 0 radical (unpaired) electrons. The molecule has 0 unspecified atom stereocenters. The minimum atomic E-state index is 0.760. The van der Waals surface area contributed by atoms with Gasteiger partial charge in [0.25, 0.3) is 0 Å². The molecule has 3 rings (SSSR count). The number of thiophene rings is 1. The van der Waals surface area contributed by atoms with Crippen molar-refractivity contribution in [2.45, 2.75) is 26.2 Å². The highest BCUT2D eigenvalue weighted by atomic mass is 32.1. The van der Waals surface area contributed by atoms with Crippen LogP contribution < -0.4 is 10.6 Å². The van der Waals surface area contributed by atoms with Crippen molar-refractivity contribution in [1.82, 2.24) is 15.3 Å². The summed E-state index contributed by atoms with van der Waals surface area (Å²) in [7, 11) is 0. The molecule has 3 heterocycles. The summed E-state index contributed by atoms with van der Waals surface area (Å²) < 4.78 is 0. The molecule has 1 aliphatic rings. The topological polar surface area (TPSA) is 49.8 Å². The molecule has 0 atom stereocenters. The molecule has 2 aromatic rings. The number of hydrogen-bond donors (Lipinski definition) is 2. The van der Waals surface area contributed by atoms with E-state index >= 15 is 0 Å². The van der Waals surface area contributed by atoms with E-state index in [1.165, 1.54) is 23.1 Å². The Morgan fingerprint density at radius 1 is 1.37 bits per heavy atom. The number of nitrogens with one attached hydrogen (secondary N) is 2. The van der Waals surface area contributed by atoms with Crippen LogP contribution in [0.3, 0.4) is 0 Å². The molecule has 1 fully saturated rings. The molecule has 1 saturated heterocycles. The fraction of sp³-hybridized carbons (Fsp3) is 0.571. The van der Waals surface area contributed by atoms with Crippen LogP contribution in [-0.4, -0.2) is 29.6 Å². The first-order chi connectivity index (χ1) is 9.36. The third kappa shape index (κ3) is 2.87. The summed E-state index contributed by atoms with van der Waals surface area (Å²) in [5.41, 5.74) is 0. The normalized spacial score (nSPS) is 16.9. The third-order valence-corrected chi connectivity index (χ3v) is 4.93. The zero-order valence-corrected chi connectivity index (χ0v) is 12.1. The molecule has 5 heteroatoms. The first-order valence-corrected chi connectivity index (χ1v) is 7.86. The van der Waals surface area contributed by atoms with Gasteiger partial charge in [-0.25, -0.2) is 9.97 Å². The molecule has 0 aliphatic carbocycles. The summed E-state index contributed by atoms with van der Waals surface area (Å²) in [6, 6.07) is 2.23. The Kier molecular flexibility index (Phi) is 3.94. The van der Waals surface area contributed by atoms with Crippen LogP contribution in [0.25, 0.3) is 10.2 Å². The van der Waals surface area contributed by atoms with Gasteiger partial charge in [0.15, 0.2) is 0 Å². The number of rotatable bonds is 4. The van der Waals surface area contributed by atoms with Crippen molar-refractivity contribution in [2.75, 3.05) is 25.0 Å². The van der Waals surface area contributed by atoms with E-state index in [2.05, 4.69) is 33.6 Å². The fourth-order valence-electron chi connectivity index (χ4n) is 2.55. The molecule has 1 aliphatic heterocycles. The van der Waals surface area contributed by atoms with E-state index in [4.69, 9.17) is 0 Å². The summed E-state index contributed by atoms with van der Waals surface area (Å²) in [5, 5.41) is 8.10. The maximum absolute atomic E-state index is 4.41. The number of hydrogen-bond acceptors (Lipinski definition) is 5. The van der Waals surface area contributed by atoms with Gasteiger partial charge in [-0.3, -0.25) is 0 Å². The highest BCUT2D eigenvalue weighted by Gasteiger charge is 2.14. The minimum absolute atomic E-state index is 0.760. The first kappa shape index (κ1) is 12.8. The van der Waals surface area contributed by atoms with Crippen LogP contribution in [0.15, 0.2) is 12.4 Å². The van der Waals surface area contributed by atoms with Crippen molar-refractivity contribution in [1.29, 1.82) is 0 Å². The molecule has 4 nitrogen and oxygen atoms in total. The third-order valence-electron chi connectivity index (χ3n) is 3.75. The van der Waals surface area contributed by atoms with Gasteiger partial charge in [-0.05, 0) is 44.3 Å². The van der Waals surface area contributed by atoms with Crippen molar-refractivity contribution >= 4 is 27.4 Å². The van der Waals surface area contributed by atoms with Gasteiger partial charge in [0.2, 0.25) is 0 Å². The molecular weight excluding hydrogens is 256 g/mol. The smallest absolute Gasteiger partial charge is 0.138 e. The molecule has 0 amide bonds. The highest BCUT2D eigenvalue weighted by Crippen LogP contribution is 2.28. The van der Waals surface area contributed by atoms with E-state index < -0.39 is 0 Å². The van der Waals surface area contributed by atoms with Crippen LogP contribution in [0, 0.1) is 5.92 Å². The second kappa shape index (κ2) is 5.84. The Bertz CT molecular complexity index is 545. The van der Waals surface area contributed by atoms with Crippen LogP contribution in [0.5, 0.6) is 0 Å². The number of piperidine rings is 1. The van der Waals surface area contributed by atoms with Crippen LogP contribution >= 0.6 is 11.3 Å². The van der Waals surface area contributed by atoms with Gasteiger partial charge in [0.1, 0.15) is 17.0 Å². The second-order valence-corrected chi connectivity index (χ2v) is 6.20. The van der Waals surface area contributed by atoms with Crippen LogP contribution in [0.1, 0.15) is 24.6 Å². The largest absolute Gasteiger partial charge is 0.369 e. The van der Waals surface area contributed by atoms with E-state index in [0.29, 0.717) is 0 Å². The van der Waals surface area contributed by atoms with Crippen LogP contribution in [0.4, 0.5) is 5.82 Å². The van der Waals surface area contributed by atoms with Crippen molar-refractivity contribution < 1.29 is 0 Å². The maximum atomic E-state index is 4.41. The molecule has 2 aromatic heterocycles. The van der Waals surface area contributed by atoms with Gasteiger partial charge in [-0.1, -0.05) is 6.92 Å². The van der Waals surface area contributed by atoms with E-state index in [-0.39, 0.29) is 0 Å². The maximum Gasteiger partial charge on any atom is 0.138 e. The standard InChI is InChI=1S/C14H20N4S/c1-2-11-7-12-13(17-9-18-14(12)19-11)16-8-10-3-5-15-6-4-10/h7,9-10,15H,2-6,8H2,1H3,(H,16,17,18). The zero-order valence-electron chi connectivity index (χ0n) is 11.3. The van der Waals surface area contributed by atoms with Gasteiger partial charge in [0, 0.05) is 11.4 Å². The predicted molar refractivity (Wildman–Crippen MR) is 80.9 cm³/mol. The van der Waals surface area contributed by atoms with E-state index in [0.717, 1.165) is 42.6 Å². The van der Waals surface area contributed by atoms with Crippen LogP contribution in [0.2, 0.25) is 0 Å². The first-order valence-electron chi connectivity index (χ1n) is 7.05. The zero-order chi connectivity index (χ0) is 13.1. The summed E-state index contributed by atoms with van der Waals surface area (Å²) in [5.74, 6) is 1.76. The van der Waals surface area contributed by atoms with Crippen molar-refractivity contribution in [2.24, 2.45) is 5.92 Å². The molecule has 102 valence electrons. The number of aryl methyl sites for hydroxylation is 1. The summed E-state index contributed by atoms with van der Waals surface area (Å²) >= 11 is 1.77. The summed E-state index contributed by atoms with van der Waals surface area (Å²) in [6.45, 7) is 5.49. The summed E-state index contributed by atoms with van der Waals surface area (Å²) in [4.78, 5) is 11.2. The predicted octanol–water partition coefficient (Wildman–Crippen LogP) is 2.67. The lowest BCUT2D eigenvalue weighted by molar-refractivity contribution is 0.389. The lowest BCUT2D eigenvalue weighted by Crippen LogP contribution is -2.31. The molecule has 0 aromatic carbocycles. The van der Waals surface area contributed by atoms with E-state index in [1.807, 2.05) is 0 Å². The van der Waals surface area contributed by atoms with Gasteiger partial charge in [-0.2, -0.15) is 0 Å². The monoisotopic (exact) mass is 276 g/mol. The van der Waals surface area contributed by atoms with Gasteiger partial charge in [0.05, 0.1) is 5.39 Å². The van der Waals surface area contributed by atoms with Gasteiger partial charge < -0.3 is 10.6 Å². The molecule has 0 bridgehead atoms. The Labute approximate surface area is 117 Å². The average molecular weight is 276 g/mol. The Balaban J connectivity index is 1.74. The highest BCUT2D eigenvalue weighted by molar-refractivity contribution is 7.18. The molecule has 2 N–H and O–H groups in total. The molecule has 0 saturated carbocycles. The van der Waals surface area contributed by atoms with Crippen molar-refractivity contribution in [3.05, 3.63) is 17.3 Å². The lowest BCUT2D eigenvalue weighted by Gasteiger charge is -2.23. The number of fused-ring (bicyclic) bond motifs is 1. The number of aromatic nitrogens is 2. The Morgan fingerprint density at radius 2 is 2.21 bits per heavy atom. The van der Waals surface area contributed by atoms with Gasteiger partial charge >= 0.3 is 0 Å². The lowest BCUT2D eigenvalue weighted by atomic mass is 9.98. The Hall–Kier alpha value is -1.20. The van der Waals surface area contributed by atoms with Gasteiger partial charge in [-0.15, -0.1) is 11.3 Å². The number of nitrogens with zero attached hydrogens (tertiary/aromatic N) is 2. The molecule has 0 spiro atoms. The molecular formula is C14H20N4S. The van der Waals surface area contributed by atoms with Crippen molar-refractivity contribution in [3.8, 4) is 0 Å². The quantitative estimate of drug-likeness (QED) is 0.901. The SMILES string of the molecule is CCc1cc2c(NCC3CCNCC3)ncnc2s1. The second-order valence-electron chi connectivity index (χ2n) is 5.08. The van der Waals surface area contributed by atoms with E-state index in [9.17, 15) is 0 Å². The Morgan fingerprint density at radius 3 is 3.00 bits per heavy atom. The average Bonchev–Trinajstić information content (AvgIpc) is 2.90. The minimum Gasteiger partial charge on any atom is -0.369 e. The van der Waals surface area contributed by atoms with Crippen LogP contribution in [-0.2, 0) is 6.42 Å². The fourth-order valence-corrected chi connectivity index (χ4v) is 3.48. The number of anilines is 1. The summed E-state index contributed by atoms with van der Waals surface area (Å²) in [6.07, 6.45) is 5.24. The van der Waals surface area contributed by atoms with Crippen molar-refractivity contribution in [3.63, 3.8) is 0 Å². The molecule has 19 heavy (non-hydrogen) atoms. The van der Waals surface area contributed by atoms with E-state index in [1.54, 1.807) is 17.7 Å².